The van der Waals surface area contributed by atoms with Crippen molar-refractivity contribution in [3.63, 3.8) is 0 Å². The summed E-state index contributed by atoms with van der Waals surface area (Å²) >= 11 is 3.50. The minimum Gasteiger partial charge on any atom is -0.444 e. The van der Waals surface area contributed by atoms with Crippen molar-refractivity contribution >= 4 is 22.0 Å². The van der Waals surface area contributed by atoms with Crippen LogP contribution in [0.4, 0.5) is 4.79 Å². The summed E-state index contributed by atoms with van der Waals surface area (Å²) in [6.07, 6.45) is 1.59. The van der Waals surface area contributed by atoms with E-state index in [0.717, 1.165) is 24.7 Å². The molecule has 1 heterocycles. The zero-order valence-corrected chi connectivity index (χ0v) is 13.9. The molecule has 1 aliphatic heterocycles. The monoisotopic (exact) mass is 339 g/mol. The minimum absolute atomic E-state index is 0.106. The predicted molar refractivity (Wildman–Crippen MR) is 84.2 cm³/mol. The number of benzene rings is 1. The molecule has 0 saturated carbocycles. The van der Waals surface area contributed by atoms with Gasteiger partial charge < -0.3 is 9.64 Å². The second-order valence-corrected chi connectivity index (χ2v) is 6.91. The van der Waals surface area contributed by atoms with E-state index < -0.39 is 5.60 Å². The third-order valence-corrected chi connectivity index (χ3v) is 3.88. The van der Waals surface area contributed by atoms with E-state index in [2.05, 4.69) is 34.1 Å². The number of ether oxygens (including phenoxy) is 1. The molecule has 3 nitrogen and oxygen atoms in total. The fourth-order valence-corrected chi connectivity index (χ4v) is 3.04. The third kappa shape index (κ3) is 3.54. The van der Waals surface area contributed by atoms with Crippen LogP contribution in [0.15, 0.2) is 24.3 Å². The van der Waals surface area contributed by atoms with Gasteiger partial charge in [-0.2, -0.15) is 0 Å². The molecule has 1 amide bonds. The van der Waals surface area contributed by atoms with E-state index in [0.29, 0.717) is 0 Å². The van der Waals surface area contributed by atoms with Gasteiger partial charge in [-0.1, -0.05) is 40.2 Å². The summed E-state index contributed by atoms with van der Waals surface area (Å²) in [4.78, 5) is 14.3. The summed E-state index contributed by atoms with van der Waals surface area (Å²) in [5.74, 6) is 0. The van der Waals surface area contributed by atoms with Gasteiger partial charge in [-0.05, 0) is 44.7 Å². The van der Waals surface area contributed by atoms with E-state index in [1.807, 2.05) is 31.7 Å². The van der Waals surface area contributed by atoms with Gasteiger partial charge in [0.15, 0.2) is 0 Å². The van der Waals surface area contributed by atoms with Crippen LogP contribution >= 0.6 is 15.9 Å². The highest BCUT2D eigenvalue weighted by molar-refractivity contribution is 9.09. The molecule has 0 bridgehead atoms. The van der Waals surface area contributed by atoms with Crippen molar-refractivity contribution in [2.45, 2.75) is 45.3 Å². The number of hydrogen-bond acceptors (Lipinski definition) is 2. The summed E-state index contributed by atoms with van der Waals surface area (Å²) < 4.78 is 5.54. The average molecular weight is 340 g/mol. The second kappa shape index (κ2) is 6.17. The summed E-state index contributed by atoms with van der Waals surface area (Å²) in [5.41, 5.74) is 2.15. The number of rotatable bonds is 2. The van der Waals surface area contributed by atoms with E-state index >= 15 is 0 Å². The SMILES string of the molecule is CC(C)(C)OC(=O)N1CCc2ccccc2C1CCBr. The van der Waals surface area contributed by atoms with Crippen LogP contribution in [0.3, 0.4) is 0 Å². The molecule has 0 fully saturated rings. The standard InChI is InChI=1S/C16H22BrNO2/c1-16(2,3)20-15(19)18-11-9-12-6-4-5-7-13(12)14(18)8-10-17/h4-7,14H,8-11H2,1-3H3. The zero-order chi connectivity index (χ0) is 14.8. The van der Waals surface area contributed by atoms with E-state index in [1.165, 1.54) is 11.1 Å². The Kier molecular flexibility index (Phi) is 4.74. The molecule has 4 heteroatoms. The number of nitrogens with zero attached hydrogens (tertiary/aromatic N) is 1. The number of halogens is 1. The van der Waals surface area contributed by atoms with E-state index in [9.17, 15) is 4.79 Å². The lowest BCUT2D eigenvalue weighted by atomic mass is 9.91. The van der Waals surface area contributed by atoms with Crippen molar-refractivity contribution in [2.24, 2.45) is 0 Å². The van der Waals surface area contributed by atoms with Crippen LogP contribution in [0.2, 0.25) is 0 Å². The number of carbonyl (C=O) groups excluding carboxylic acids is 1. The highest BCUT2D eigenvalue weighted by Crippen LogP contribution is 2.33. The van der Waals surface area contributed by atoms with Gasteiger partial charge in [-0.25, -0.2) is 4.79 Å². The van der Waals surface area contributed by atoms with Gasteiger partial charge in [-0.15, -0.1) is 0 Å². The van der Waals surface area contributed by atoms with Crippen LogP contribution in [0.1, 0.15) is 44.4 Å². The number of amides is 1. The Bertz CT molecular complexity index is 482. The summed E-state index contributed by atoms with van der Waals surface area (Å²) in [6, 6.07) is 8.49. The molecule has 0 spiro atoms. The Morgan fingerprint density at radius 1 is 1.40 bits per heavy atom. The summed E-state index contributed by atoms with van der Waals surface area (Å²) in [6.45, 7) is 6.44. The average Bonchev–Trinajstić information content (AvgIpc) is 2.37. The van der Waals surface area contributed by atoms with Crippen molar-refractivity contribution in [3.05, 3.63) is 35.4 Å². The predicted octanol–water partition coefficient (Wildman–Crippen LogP) is 4.31. The minimum atomic E-state index is -0.451. The van der Waals surface area contributed by atoms with Crippen molar-refractivity contribution < 1.29 is 9.53 Å². The van der Waals surface area contributed by atoms with Crippen molar-refractivity contribution in [2.75, 3.05) is 11.9 Å². The molecule has 1 aliphatic rings. The van der Waals surface area contributed by atoms with Gasteiger partial charge in [0.25, 0.3) is 0 Å². The molecule has 0 N–H and O–H groups in total. The molecule has 20 heavy (non-hydrogen) atoms. The Morgan fingerprint density at radius 3 is 2.75 bits per heavy atom. The lowest BCUT2D eigenvalue weighted by Gasteiger charge is -2.38. The summed E-state index contributed by atoms with van der Waals surface area (Å²) in [5, 5.41) is 0.866. The Hall–Kier alpha value is -1.03. The molecule has 0 saturated heterocycles. The second-order valence-electron chi connectivity index (χ2n) is 6.12. The fourth-order valence-electron chi connectivity index (χ4n) is 2.61. The largest absolute Gasteiger partial charge is 0.444 e. The molecule has 1 atom stereocenters. The highest BCUT2D eigenvalue weighted by Gasteiger charge is 2.32. The first-order valence-corrected chi connectivity index (χ1v) is 8.18. The van der Waals surface area contributed by atoms with Crippen molar-refractivity contribution in [3.8, 4) is 0 Å². The summed E-state index contributed by atoms with van der Waals surface area (Å²) in [7, 11) is 0. The molecule has 0 aliphatic carbocycles. The molecular formula is C16H22BrNO2. The maximum Gasteiger partial charge on any atom is 0.410 e. The van der Waals surface area contributed by atoms with Crippen LogP contribution in [0.5, 0.6) is 0 Å². The van der Waals surface area contributed by atoms with Gasteiger partial charge in [0.1, 0.15) is 5.60 Å². The van der Waals surface area contributed by atoms with Crippen LogP contribution in [-0.2, 0) is 11.2 Å². The maximum absolute atomic E-state index is 12.4. The molecule has 110 valence electrons. The molecule has 2 rings (SSSR count). The fraction of sp³-hybridized carbons (Fsp3) is 0.562. The van der Waals surface area contributed by atoms with E-state index in [-0.39, 0.29) is 12.1 Å². The lowest BCUT2D eigenvalue weighted by Crippen LogP contribution is -2.43. The highest BCUT2D eigenvalue weighted by atomic mass is 79.9. The molecule has 0 radical (unpaired) electrons. The van der Waals surface area contributed by atoms with Gasteiger partial charge in [0.05, 0.1) is 6.04 Å². The van der Waals surface area contributed by atoms with Gasteiger partial charge in [0, 0.05) is 11.9 Å². The third-order valence-electron chi connectivity index (χ3n) is 3.42. The molecule has 1 aromatic rings. The Morgan fingerprint density at radius 2 is 2.10 bits per heavy atom. The van der Waals surface area contributed by atoms with E-state index in [1.54, 1.807) is 0 Å². The molecule has 0 aromatic heterocycles. The van der Waals surface area contributed by atoms with Crippen molar-refractivity contribution in [1.82, 2.24) is 4.90 Å². The normalized spacial score (nSPS) is 18.6. The van der Waals surface area contributed by atoms with Crippen LogP contribution in [0.25, 0.3) is 0 Å². The Labute approximate surface area is 129 Å². The topological polar surface area (TPSA) is 29.5 Å². The first kappa shape index (κ1) is 15.4. The molecular weight excluding hydrogens is 318 g/mol. The Balaban J connectivity index is 2.24. The maximum atomic E-state index is 12.4. The van der Waals surface area contributed by atoms with E-state index in [4.69, 9.17) is 4.74 Å². The molecule has 1 aromatic carbocycles. The van der Waals surface area contributed by atoms with Crippen LogP contribution < -0.4 is 0 Å². The van der Waals surface area contributed by atoms with Gasteiger partial charge in [0.2, 0.25) is 0 Å². The number of carbonyl (C=O) groups is 1. The van der Waals surface area contributed by atoms with Crippen molar-refractivity contribution in [1.29, 1.82) is 0 Å². The number of alkyl halides is 1. The van der Waals surface area contributed by atoms with Gasteiger partial charge >= 0.3 is 6.09 Å². The number of fused-ring (bicyclic) bond motifs is 1. The number of hydrogen-bond donors (Lipinski definition) is 0. The van der Waals surface area contributed by atoms with Crippen LogP contribution in [0, 0.1) is 0 Å². The van der Waals surface area contributed by atoms with Gasteiger partial charge in [-0.3, -0.25) is 0 Å². The molecule has 1 unspecified atom stereocenters. The first-order chi connectivity index (χ1) is 9.42. The van der Waals surface area contributed by atoms with Crippen LogP contribution in [-0.4, -0.2) is 28.5 Å². The lowest BCUT2D eigenvalue weighted by molar-refractivity contribution is 0.0139. The quantitative estimate of drug-likeness (QED) is 0.751. The zero-order valence-electron chi connectivity index (χ0n) is 12.4. The smallest absolute Gasteiger partial charge is 0.410 e. The first-order valence-electron chi connectivity index (χ1n) is 7.06.